The largest absolute Gasteiger partial charge is 0.364 e. The highest BCUT2D eigenvalue weighted by atomic mass is 15.1. The lowest BCUT2D eigenvalue weighted by atomic mass is 9.90. The molecule has 0 aliphatic carbocycles. The Morgan fingerprint density at radius 1 is 1.26 bits per heavy atom. The van der Waals surface area contributed by atoms with Gasteiger partial charge in [0, 0.05) is 10.9 Å². The molecule has 0 unspecified atom stereocenters. The van der Waals surface area contributed by atoms with Crippen molar-refractivity contribution in [2.75, 3.05) is 5.32 Å². The van der Waals surface area contributed by atoms with E-state index in [1.807, 2.05) is 30.3 Å². The van der Waals surface area contributed by atoms with Gasteiger partial charge in [-0.3, -0.25) is 0 Å². The summed E-state index contributed by atoms with van der Waals surface area (Å²) in [6.45, 7) is 8.55. The zero-order valence-electron chi connectivity index (χ0n) is 11.9. The zero-order valence-corrected chi connectivity index (χ0v) is 11.9. The Morgan fingerprint density at radius 2 is 1.95 bits per heavy atom. The van der Waals surface area contributed by atoms with Crippen LogP contribution in [0.15, 0.2) is 30.3 Å². The Morgan fingerprint density at radius 3 is 2.58 bits per heavy atom. The van der Waals surface area contributed by atoms with E-state index in [0.717, 1.165) is 10.9 Å². The molecule has 2 aromatic rings. The van der Waals surface area contributed by atoms with Gasteiger partial charge < -0.3 is 5.32 Å². The maximum absolute atomic E-state index is 9.28. The van der Waals surface area contributed by atoms with Crippen LogP contribution in [0.25, 0.3) is 10.9 Å². The Kier molecular flexibility index (Phi) is 3.44. The van der Waals surface area contributed by atoms with Crippen molar-refractivity contribution in [2.45, 2.75) is 33.2 Å². The van der Waals surface area contributed by atoms with E-state index in [4.69, 9.17) is 0 Å². The van der Waals surface area contributed by atoms with Gasteiger partial charge in [-0.2, -0.15) is 5.26 Å². The second-order valence-corrected chi connectivity index (χ2v) is 5.69. The normalized spacial score (nSPS) is 11.6. The zero-order chi connectivity index (χ0) is 14.0. The first-order chi connectivity index (χ1) is 8.94. The quantitative estimate of drug-likeness (QED) is 0.900. The minimum atomic E-state index is -0.110. The number of aromatic nitrogens is 1. The predicted octanol–water partition coefficient (Wildman–Crippen LogP) is 3.95. The standard InChI is InChI=1S/C16H19N3/c1-11(2)16(3,4)19-15-13(10-17)9-12-7-5-6-8-14(12)18-15/h5-9,11H,1-4H3,(H,18,19). The smallest absolute Gasteiger partial charge is 0.145 e. The SMILES string of the molecule is CC(C)C(C)(C)Nc1nc2ccccc2cc1C#N. The van der Waals surface area contributed by atoms with E-state index < -0.39 is 0 Å². The van der Waals surface area contributed by atoms with Crippen LogP contribution in [-0.4, -0.2) is 10.5 Å². The molecule has 0 amide bonds. The average Bonchev–Trinajstić information content (AvgIpc) is 2.37. The summed E-state index contributed by atoms with van der Waals surface area (Å²) < 4.78 is 0. The number of benzene rings is 1. The molecule has 0 aliphatic heterocycles. The minimum Gasteiger partial charge on any atom is -0.364 e. The van der Waals surface area contributed by atoms with Crippen molar-refractivity contribution in [2.24, 2.45) is 5.92 Å². The lowest BCUT2D eigenvalue weighted by molar-refractivity contribution is 0.406. The number of hydrogen-bond donors (Lipinski definition) is 1. The molecule has 0 fully saturated rings. The third-order valence-corrected chi connectivity index (χ3v) is 3.73. The van der Waals surface area contributed by atoms with Crippen molar-refractivity contribution in [3.8, 4) is 6.07 Å². The number of pyridine rings is 1. The third-order valence-electron chi connectivity index (χ3n) is 3.73. The molecular formula is C16H19N3. The maximum atomic E-state index is 9.28. The average molecular weight is 253 g/mol. The van der Waals surface area contributed by atoms with Crippen molar-refractivity contribution in [1.82, 2.24) is 4.98 Å². The van der Waals surface area contributed by atoms with E-state index in [-0.39, 0.29) is 5.54 Å². The van der Waals surface area contributed by atoms with Gasteiger partial charge in [-0.15, -0.1) is 0 Å². The van der Waals surface area contributed by atoms with E-state index in [0.29, 0.717) is 17.3 Å². The highest BCUT2D eigenvalue weighted by molar-refractivity contribution is 5.82. The molecule has 3 nitrogen and oxygen atoms in total. The summed E-state index contributed by atoms with van der Waals surface area (Å²) in [7, 11) is 0. The van der Waals surface area contributed by atoms with Crippen LogP contribution in [0.3, 0.4) is 0 Å². The molecule has 1 N–H and O–H groups in total. The second kappa shape index (κ2) is 4.89. The molecule has 98 valence electrons. The van der Waals surface area contributed by atoms with Crippen LogP contribution in [0, 0.1) is 17.2 Å². The Balaban J connectivity index is 2.51. The fourth-order valence-corrected chi connectivity index (χ4v) is 1.75. The van der Waals surface area contributed by atoms with Gasteiger partial charge in [-0.1, -0.05) is 32.0 Å². The Bertz CT molecular complexity index is 636. The van der Waals surface area contributed by atoms with Gasteiger partial charge >= 0.3 is 0 Å². The molecule has 1 aromatic heterocycles. The van der Waals surface area contributed by atoms with Gasteiger partial charge in [0.25, 0.3) is 0 Å². The fourth-order valence-electron chi connectivity index (χ4n) is 1.75. The van der Waals surface area contributed by atoms with Gasteiger partial charge in [0.05, 0.1) is 11.1 Å². The third kappa shape index (κ3) is 2.68. The molecule has 1 heterocycles. The molecule has 0 radical (unpaired) electrons. The number of anilines is 1. The van der Waals surface area contributed by atoms with Gasteiger partial charge in [0.2, 0.25) is 0 Å². The first-order valence-electron chi connectivity index (χ1n) is 6.52. The topological polar surface area (TPSA) is 48.7 Å². The van der Waals surface area contributed by atoms with E-state index in [1.54, 1.807) is 0 Å². The summed E-state index contributed by atoms with van der Waals surface area (Å²) in [5.41, 5.74) is 1.39. The van der Waals surface area contributed by atoms with Crippen LogP contribution in [0.4, 0.5) is 5.82 Å². The fraction of sp³-hybridized carbons (Fsp3) is 0.375. The van der Waals surface area contributed by atoms with Crippen molar-refractivity contribution in [3.05, 3.63) is 35.9 Å². The number of hydrogen-bond acceptors (Lipinski definition) is 3. The Labute approximate surface area is 114 Å². The summed E-state index contributed by atoms with van der Waals surface area (Å²) in [4.78, 5) is 4.58. The summed E-state index contributed by atoms with van der Waals surface area (Å²) in [6, 6.07) is 12.0. The number of para-hydroxylation sites is 1. The molecule has 0 aliphatic rings. The molecule has 0 spiro atoms. The summed E-state index contributed by atoms with van der Waals surface area (Å²) in [5, 5.41) is 13.7. The van der Waals surface area contributed by atoms with E-state index in [9.17, 15) is 5.26 Å². The van der Waals surface area contributed by atoms with Crippen LogP contribution in [-0.2, 0) is 0 Å². The highest BCUT2D eigenvalue weighted by Crippen LogP contribution is 2.25. The van der Waals surface area contributed by atoms with Crippen molar-refractivity contribution in [3.63, 3.8) is 0 Å². The number of nitriles is 1. The molecular weight excluding hydrogens is 234 g/mol. The monoisotopic (exact) mass is 253 g/mol. The minimum absolute atomic E-state index is 0.110. The first kappa shape index (κ1) is 13.4. The molecule has 1 aromatic carbocycles. The number of nitrogens with one attached hydrogen (secondary N) is 1. The summed E-state index contributed by atoms with van der Waals surface area (Å²) in [5.74, 6) is 1.10. The van der Waals surface area contributed by atoms with Crippen LogP contribution >= 0.6 is 0 Å². The number of nitrogens with zero attached hydrogens (tertiary/aromatic N) is 2. The van der Waals surface area contributed by atoms with E-state index >= 15 is 0 Å². The number of rotatable bonds is 3. The molecule has 3 heteroatoms. The summed E-state index contributed by atoms with van der Waals surface area (Å²) >= 11 is 0. The molecule has 19 heavy (non-hydrogen) atoms. The predicted molar refractivity (Wildman–Crippen MR) is 79.0 cm³/mol. The first-order valence-corrected chi connectivity index (χ1v) is 6.52. The van der Waals surface area contributed by atoms with Crippen molar-refractivity contribution in [1.29, 1.82) is 5.26 Å². The van der Waals surface area contributed by atoms with Crippen molar-refractivity contribution < 1.29 is 0 Å². The molecule has 0 atom stereocenters. The van der Waals surface area contributed by atoms with Crippen LogP contribution in [0.1, 0.15) is 33.3 Å². The molecule has 0 bridgehead atoms. The van der Waals surface area contributed by atoms with Gasteiger partial charge in [-0.05, 0) is 31.9 Å². The van der Waals surface area contributed by atoms with E-state index in [2.05, 4.69) is 44.1 Å². The van der Waals surface area contributed by atoms with E-state index in [1.165, 1.54) is 0 Å². The number of fused-ring (bicyclic) bond motifs is 1. The van der Waals surface area contributed by atoms with Crippen LogP contribution < -0.4 is 5.32 Å². The lowest BCUT2D eigenvalue weighted by Crippen LogP contribution is -2.37. The molecule has 0 saturated heterocycles. The molecule has 2 rings (SSSR count). The van der Waals surface area contributed by atoms with Crippen molar-refractivity contribution >= 4 is 16.7 Å². The lowest BCUT2D eigenvalue weighted by Gasteiger charge is -2.31. The van der Waals surface area contributed by atoms with Gasteiger partial charge in [-0.25, -0.2) is 4.98 Å². The van der Waals surface area contributed by atoms with Gasteiger partial charge in [0.1, 0.15) is 11.9 Å². The second-order valence-electron chi connectivity index (χ2n) is 5.69. The molecule has 0 saturated carbocycles. The summed E-state index contributed by atoms with van der Waals surface area (Å²) in [6.07, 6.45) is 0. The Hall–Kier alpha value is -2.08. The maximum Gasteiger partial charge on any atom is 0.145 e. The van der Waals surface area contributed by atoms with Gasteiger partial charge in [0.15, 0.2) is 0 Å². The van der Waals surface area contributed by atoms with Crippen LogP contribution in [0.2, 0.25) is 0 Å². The highest BCUT2D eigenvalue weighted by Gasteiger charge is 2.23. The van der Waals surface area contributed by atoms with Crippen LogP contribution in [0.5, 0.6) is 0 Å².